The van der Waals surface area contributed by atoms with Gasteiger partial charge in [0, 0.05) is 12.3 Å². The van der Waals surface area contributed by atoms with Crippen LogP contribution in [0.15, 0.2) is 41.8 Å². The summed E-state index contributed by atoms with van der Waals surface area (Å²) in [5.41, 5.74) is 0. The Bertz CT molecular complexity index is 502. The van der Waals surface area contributed by atoms with Gasteiger partial charge in [-0.2, -0.15) is 0 Å². The second-order valence-electron chi connectivity index (χ2n) is 4.31. The van der Waals surface area contributed by atoms with E-state index in [2.05, 4.69) is 16.9 Å². The van der Waals surface area contributed by atoms with Crippen LogP contribution >= 0.6 is 0 Å². The first-order chi connectivity index (χ1) is 10.6. The maximum Gasteiger partial charge on any atom is 0.249 e. The van der Waals surface area contributed by atoms with Gasteiger partial charge in [0.25, 0.3) is 0 Å². The zero-order chi connectivity index (χ0) is 16.4. The number of allylic oxidation sites excluding steroid dienone is 2. The molecule has 1 aliphatic heterocycles. The smallest absolute Gasteiger partial charge is 0.249 e. The van der Waals surface area contributed by atoms with Crippen molar-refractivity contribution < 1.29 is 23.8 Å². The van der Waals surface area contributed by atoms with Crippen LogP contribution in [-0.4, -0.2) is 42.2 Å². The molecule has 0 aromatic rings. The molecule has 0 bridgehead atoms. The van der Waals surface area contributed by atoms with Gasteiger partial charge in [0.05, 0.1) is 12.7 Å². The van der Waals surface area contributed by atoms with Crippen molar-refractivity contribution in [3.63, 3.8) is 0 Å². The number of aliphatic imine (C=N–C) groups is 1. The van der Waals surface area contributed by atoms with Crippen LogP contribution in [0.25, 0.3) is 0 Å². The van der Waals surface area contributed by atoms with Gasteiger partial charge in [0.1, 0.15) is 0 Å². The van der Waals surface area contributed by atoms with Gasteiger partial charge in [-0.3, -0.25) is 9.59 Å². The third-order valence-electron chi connectivity index (χ3n) is 2.69. The lowest BCUT2D eigenvalue weighted by atomic mass is 10.2. The highest BCUT2D eigenvalue weighted by Crippen LogP contribution is 2.20. The first-order valence-electron chi connectivity index (χ1n) is 6.60. The summed E-state index contributed by atoms with van der Waals surface area (Å²) < 4.78 is 19.3. The number of hydrogen-bond donors (Lipinski definition) is 3. The molecule has 2 unspecified atom stereocenters. The number of amidine groups is 1. The standard InChI is InChI=1S/C14H18FN3O4/c1-2-3-4-12(21)17-14(11(15)7-16-9-20)18-13-6-5-10(8-19)22-13/h2-4,7,9-10,13,19H,1,5-6,8H2,(H,16,20)(H,17,18,21)/b4-3+,11-7+. The quantitative estimate of drug-likeness (QED) is 0.207. The van der Waals surface area contributed by atoms with Crippen LogP contribution in [0.3, 0.4) is 0 Å². The van der Waals surface area contributed by atoms with Crippen LogP contribution in [-0.2, 0) is 14.3 Å². The van der Waals surface area contributed by atoms with E-state index in [-0.39, 0.29) is 25.0 Å². The molecule has 7 nitrogen and oxygen atoms in total. The summed E-state index contributed by atoms with van der Waals surface area (Å²) in [6.45, 7) is 3.26. The highest BCUT2D eigenvalue weighted by atomic mass is 19.1. The van der Waals surface area contributed by atoms with E-state index < -0.39 is 18.0 Å². The number of carbonyl (C=O) groups is 2. The third-order valence-corrected chi connectivity index (χ3v) is 2.69. The fourth-order valence-electron chi connectivity index (χ4n) is 1.70. The van der Waals surface area contributed by atoms with Crippen molar-refractivity contribution in [2.45, 2.75) is 25.2 Å². The monoisotopic (exact) mass is 311 g/mol. The van der Waals surface area contributed by atoms with Crippen LogP contribution in [0.4, 0.5) is 4.39 Å². The summed E-state index contributed by atoms with van der Waals surface area (Å²) in [4.78, 5) is 25.8. The van der Waals surface area contributed by atoms with E-state index >= 15 is 0 Å². The van der Waals surface area contributed by atoms with Crippen molar-refractivity contribution >= 4 is 18.2 Å². The fourth-order valence-corrected chi connectivity index (χ4v) is 1.70. The maximum absolute atomic E-state index is 13.9. The molecule has 0 saturated carbocycles. The molecule has 120 valence electrons. The molecular weight excluding hydrogens is 293 g/mol. The lowest BCUT2D eigenvalue weighted by Crippen LogP contribution is -2.31. The molecule has 0 spiro atoms. The van der Waals surface area contributed by atoms with E-state index in [1.165, 1.54) is 12.2 Å². The summed E-state index contributed by atoms with van der Waals surface area (Å²) in [6, 6.07) is 0. The predicted molar refractivity (Wildman–Crippen MR) is 78.3 cm³/mol. The number of carbonyl (C=O) groups excluding carboxylic acids is 2. The Morgan fingerprint density at radius 2 is 2.27 bits per heavy atom. The van der Waals surface area contributed by atoms with Gasteiger partial charge in [-0.05, 0) is 12.8 Å². The number of hydrogen-bond acceptors (Lipinski definition) is 5. The van der Waals surface area contributed by atoms with Crippen molar-refractivity contribution in [3.05, 3.63) is 36.8 Å². The molecule has 22 heavy (non-hydrogen) atoms. The second-order valence-corrected chi connectivity index (χ2v) is 4.31. The number of amides is 2. The highest BCUT2D eigenvalue weighted by molar-refractivity contribution is 6.09. The number of halogens is 1. The summed E-state index contributed by atoms with van der Waals surface area (Å²) in [5.74, 6) is -1.90. The van der Waals surface area contributed by atoms with Gasteiger partial charge >= 0.3 is 0 Å². The number of aliphatic hydroxyl groups is 1. The molecule has 2 amide bonds. The molecule has 1 heterocycles. The summed E-state index contributed by atoms with van der Waals surface area (Å²) in [6.07, 6.45) is 5.01. The first-order valence-corrected chi connectivity index (χ1v) is 6.60. The minimum Gasteiger partial charge on any atom is -0.394 e. The zero-order valence-electron chi connectivity index (χ0n) is 11.9. The highest BCUT2D eigenvalue weighted by Gasteiger charge is 2.25. The molecule has 1 rings (SSSR count). The minimum atomic E-state index is -0.927. The average molecular weight is 311 g/mol. The van der Waals surface area contributed by atoms with Gasteiger partial charge in [-0.25, -0.2) is 9.38 Å². The van der Waals surface area contributed by atoms with Crippen molar-refractivity contribution in [2.75, 3.05) is 6.61 Å². The molecule has 0 radical (unpaired) electrons. The van der Waals surface area contributed by atoms with E-state index in [9.17, 15) is 14.0 Å². The Balaban J connectivity index is 2.86. The Labute approximate surface area is 127 Å². The van der Waals surface area contributed by atoms with Crippen LogP contribution in [0.2, 0.25) is 0 Å². The fraction of sp³-hybridized carbons (Fsp3) is 0.357. The van der Waals surface area contributed by atoms with Crippen molar-refractivity contribution in [1.29, 1.82) is 0 Å². The SMILES string of the molecule is C=C/C=C/C(=O)NC(=N/C1CCC(CO)O1)/C(F)=C\NC=O. The molecule has 0 aromatic carbocycles. The molecule has 1 saturated heterocycles. The number of nitrogens with zero attached hydrogens (tertiary/aromatic N) is 1. The number of ether oxygens (including phenoxy) is 1. The summed E-state index contributed by atoms with van der Waals surface area (Å²) >= 11 is 0. The van der Waals surface area contributed by atoms with Crippen molar-refractivity contribution in [2.24, 2.45) is 4.99 Å². The molecule has 0 aliphatic carbocycles. The summed E-state index contributed by atoms with van der Waals surface area (Å²) in [5, 5.41) is 13.3. The van der Waals surface area contributed by atoms with E-state index in [0.717, 1.165) is 12.3 Å². The van der Waals surface area contributed by atoms with E-state index in [0.29, 0.717) is 12.8 Å². The van der Waals surface area contributed by atoms with Crippen LogP contribution < -0.4 is 10.6 Å². The van der Waals surface area contributed by atoms with Gasteiger partial charge in [0.2, 0.25) is 12.3 Å². The Morgan fingerprint density at radius 1 is 1.50 bits per heavy atom. The average Bonchev–Trinajstić information content (AvgIpc) is 2.97. The molecule has 8 heteroatoms. The minimum absolute atomic E-state index is 0.152. The molecule has 1 fully saturated rings. The van der Waals surface area contributed by atoms with Crippen LogP contribution in [0.1, 0.15) is 12.8 Å². The zero-order valence-corrected chi connectivity index (χ0v) is 11.9. The Hall–Kier alpha value is -2.32. The topological polar surface area (TPSA) is 100 Å². The lowest BCUT2D eigenvalue weighted by Gasteiger charge is -2.11. The molecule has 3 N–H and O–H groups in total. The van der Waals surface area contributed by atoms with Crippen LogP contribution in [0.5, 0.6) is 0 Å². The number of rotatable bonds is 7. The van der Waals surface area contributed by atoms with E-state index in [4.69, 9.17) is 9.84 Å². The van der Waals surface area contributed by atoms with Gasteiger partial charge in [-0.15, -0.1) is 0 Å². The molecule has 0 aromatic heterocycles. The second kappa shape index (κ2) is 9.59. The number of aliphatic hydroxyl groups excluding tert-OH is 1. The van der Waals surface area contributed by atoms with Crippen molar-refractivity contribution in [3.8, 4) is 0 Å². The van der Waals surface area contributed by atoms with E-state index in [1.807, 2.05) is 5.32 Å². The van der Waals surface area contributed by atoms with Crippen molar-refractivity contribution in [1.82, 2.24) is 10.6 Å². The third kappa shape index (κ3) is 5.98. The molecule has 2 atom stereocenters. The first kappa shape index (κ1) is 17.7. The lowest BCUT2D eigenvalue weighted by molar-refractivity contribution is -0.115. The molecular formula is C14H18FN3O4. The largest absolute Gasteiger partial charge is 0.394 e. The van der Waals surface area contributed by atoms with Gasteiger partial charge < -0.3 is 20.5 Å². The number of nitrogens with one attached hydrogen (secondary N) is 2. The van der Waals surface area contributed by atoms with Gasteiger partial charge in [-0.1, -0.05) is 18.7 Å². The Kier molecular flexibility index (Phi) is 7.73. The van der Waals surface area contributed by atoms with Crippen LogP contribution in [0, 0.1) is 0 Å². The van der Waals surface area contributed by atoms with E-state index in [1.54, 1.807) is 0 Å². The normalized spacial score (nSPS) is 22.6. The molecule has 1 aliphatic rings. The predicted octanol–water partition coefficient (Wildman–Crippen LogP) is 0.298. The summed E-state index contributed by atoms with van der Waals surface area (Å²) in [7, 11) is 0. The van der Waals surface area contributed by atoms with Gasteiger partial charge in [0.15, 0.2) is 17.9 Å². The Morgan fingerprint density at radius 3 is 2.86 bits per heavy atom. The maximum atomic E-state index is 13.9.